The Kier molecular flexibility index (Phi) is 7.68. The van der Waals surface area contributed by atoms with Crippen LogP contribution in [0.1, 0.15) is 49.3 Å². The predicted octanol–water partition coefficient (Wildman–Crippen LogP) is 4.68. The van der Waals surface area contributed by atoms with E-state index in [-0.39, 0.29) is 37.0 Å². The van der Waals surface area contributed by atoms with Crippen LogP contribution in [-0.2, 0) is 9.47 Å². The van der Waals surface area contributed by atoms with Crippen LogP contribution in [0.5, 0.6) is 5.75 Å². The fourth-order valence-corrected chi connectivity index (χ4v) is 3.19. The lowest BCUT2D eigenvalue weighted by Gasteiger charge is -2.19. The number of carbonyl (C=O) groups is 2. The molecule has 0 atom stereocenters. The Bertz CT molecular complexity index is 1210. The summed E-state index contributed by atoms with van der Waals surface area (Å²) >= 11 is 0. The van der Waals surface area contributed by atoms with Gasteiger partial charge in [-0.05, 0) is 63.6 Å². The van der Waals surface area contributed by atoms with Gasteiger partial charge in [-0.3, -0.25) is 0 Å². The van der Waals surface area contributed by atoms with Crippen LogP contribution in [0.3, 0.4) is 0 Å². The predicted molar refractivity (Wildman–Crippen MR) is 125 cm³/mol. The first-order valence-corrected chi connectivity index (χ1v) is 10.8. The molecule has 0 saturated heterocycles. The Balaban J connectivity index is 2.23. The van der Waals surface area contributed by atoms with Gasteiger partial charge in [-0.25, -0.2) is 14.0 Å². The highest BCUT2D eigenvalue weighted by atomic mass is 19.1. The molecular weight excluding hydrogens is 443 g/mol. The normalized spacial score (nSPS) is 11.7. The second-order valence-corrected chi connectivity index (χ2v) is 8.29. The van der Waals surface area contributed by atoms with Crippen molar-refractivity contribution >= 4 is 35.1 Å². The minimum absolute atomic E-state index is 0.0930. The molecule has 9 heteroatoms. The van der Waals surface area contributed by atoms with Crippen LogP contribution in [0.2, 0.25) is 0 Å². The van der Waals surface area contributed by atoms with Gasteiger partial charge in [0.1, 0.15) is 29.3 Å². The van der Waals surface area contributed by atoms with Crippen molar-refractivity contribution in [1.82, 2.24) is 9.78 Å². The molecule has 34 heavy (non-hydrogen) atoms. The smallest absolute Gasteiger partial charge is 0.435 e. The molecule has 0 saturated carbocycles. The molecule has 0 unspecified atom stereocenters. The van der Waals surface area contributed by atoms with Crippen LogP contribution < -0.4 is 4.74 Å². The van der Waals surface area contributed by atoms with Crippen LogP contribution in [0.4, 0.5) is 9.18 Å². The lowest BCUT2D eigenvalue weighted by molar-refractivity contribution is 0.0513. The van der Waals surface area contributed by atoms with Crippen LogP contribution in [-0.4, -0.2) is 52.4 Å². The number of aliphatic hydroxyl groups excluding tert-OH is 1. The van der Waals surface area contributed by atoms with Gasteiger partial charge in [0.05, 0.1) is 29.8 Å². The third-order valence-corrected chi connectivity index (χ3v) is 4.53. The highest BCUT2D eigenvalue weighted by Gasteiger charge is 2.26. The quantitative estimate of drug-likeness (QED) is 0.501. The topological polar surface area (TPSA) is 99.9 Å². The second-order valence-electron chi connectivity index (χ2n) is 8.29. The Morgan fingerprint density at radius 1 is 1.12 bits per heavy atom. The summed E-state index contributed by atoms with van der Waals surface area (Å²) in [5, 5.41) is 14.1. The Morgan fingerprint density at radius 2 is 1.82 bits per heavy atom. The van der Waals surface area contributed by atoms with Crippen molar-refractivity contribution in [3.63, 3.8) is 0 Å². The molecule has 8 nitrogen and oxygen atoms in total. The average molecular weight is 470 g/mol. The highest BCUT2D eigenvalue weighted by Crippen LogP contribution is 2.35. The molecule has 0 bridgehead atoms. The molecule has 0 aliphatic heterocycles. The fourth-order valence-electron chi connectivity index (χ4n) is 3.19. The van der Waals surface area contributed by atoms with E-state index >= 15 is 0 Å². The van der Waals surface area contributed by atoms with Gasteiger partial charge in [-0.15, -0.1) is 0 Å². The van der Waals surface area contributed by atoms with Crippen molar-refractivity contribution in [2.75, 3.05) is 19.8 Å². The number of nitrogens with zero attached hydrogens (tertiary/aromatic N) is 2. The van der Waals surface area contributed by atoms with Gasteiger partial charge in [-0.2, -0.15) is 9.78 Å². The maximum atomic E-state index is 13.3. The van der Waals surface area contributed by atoms with Gasteiger partial charge in [0.25, 0.3) is 0 Å². The third-order valence-electron chi connectivity index (χ3n) is 4.53. The number of aromatic nitrogens is 2. The Labute approximate surface area is 196 Å². The summed E-state index contributed by atoms with van der Waals surface area (Å²) in [5.41, 5.74) is 0.711. The van der Waals surface area contributed by atoms with Gasteiger partial charge in [0, 0.05) is 0 Å². The van der Waals surface area contributed by atoms with Gasteiger partial charge in [0.15, 0.2) is 0 Å². The maximum absolute atomic E-state index is 13.3. The first kappa shape index (κ1) is 24.9. The molecule has 1 heterocycles. The molecule has 0 spiro atoms. The van der Waals surface area contributed by atoms with Crippen molar-refractivity contribution in [2.24, 2.45) is 0 Å². The molecule has 0 aliphatic rings. The largest absolute Gasteiger partial charge is 0.489 e. The van der Waals surface area contributed by atoms with E-state index in [2.05, 4.69) is 5.10 Å². The van der Waals surface area contributed by atoms with Gasteiger partial charge < -0.3 is 19.3 Å². The van der Waals surface area contributed by atoms with E-state index in [4.69, 9.17) is 14.2 Å². The Hall–Kier alpha value is -3.72. The number of carbonyl (C=O) groups excluding carboxylic acids is 2. The van der Waals surface area contributed by atoms with Crippen molar-refractivity contribution in [3.05, 3.63) is 59.0 Å². The summed E-state index contributed by atoms with van der Waals surface area (Å²) in [6, 6.07) is 8.86. The van der Waals surface area contributed by atoms with Crippen LogP contribution in [0.25, 0.3) is 23.1 Å². The van der Waals surface area contributed by atoms with E-state index in [0.717, 1.165) is 4.68 Å². The minimum atomic E-state index is -0.763. The van der Waals surface area contributed by atoms with Crippen molar-refractivity contribution in [3.8, 4) is 5.75 Å². The lowest BCUT2D eigenvalue weighted by atomic mass is 10.1. The van der Waals surface area contributed by atoms with Gasteiger partial charge in [0.2, 0.25) is 0 Å². The first-order valence-electron chi connectivity index (χ1n) is 10.8. The number of esters is 1. The molecule has 0 aliphatic carbocycles. The molecule has 3 aromatic rings. The summed E-state index contributed by atoms with van der Waals surface area (Å²) < 4.78 is 30.7. The number of fused-ring (bicyclic) bond motifs is 1. The van der Waals surface area contributed by atoms with E-state index in [0.29, 0.717) is 22.2 Å². The standard InChI is InChI=1S/C25H27FN2O6/c1-5-32-23(30)18-11-13-20-21(22(18)33-15-14-29)19(12-8-16-6-9-17(26)10-7-16)27-28(20)24(31)34-25(2,3)4/h6-13,29H,5,14-15H2,1-4H3. The minimum Gasteiger partial charge on any atom is -0.489 e. The maximum Gasteiger partial charge on any atom is 0.435 e. The monoisotopic (exact) mass is 470 g/mol. The van der Waals surface area contributed by atoms with Crippen molar-refractivity contribution in [2.45, 2.75) is 33.3 Å². The second kappa shape index (κ2) is 10.5. The zero-order valence-corrected chi connectivity index (χ0v) is 19.5. The fraction of sp³-hybridized carbons (Fsp3) is 0.320. The first-order chi connectivity index (χ1) is 16.1. The zero-order valence-electron chi connectivity index (χ0n) is 19.5. The number of hydrogen-bond donors (Lipinski definition) is 1. The molecule has 0 fully saturated rings. The van der Waals surface area contributed by atoms with E-state index in [9.17, 15) is 19.1 Å². The molecule has 1 N–H and O–H groups in total. The summed E-state index contributed by atoms with van der Waals surface area (Å²) in [6.45, 7) is 6.67. The SMILES string of the molecule is CCOC(=O)c1ccc2c(c(C=Cc3ccc(F)cc3)nn2C(=O)OC(C)(C)C)c1OCCO. The number of ether oxygens (including phenoxy) is 3. The van der Waals surface area contributed by atoms with Crippen molar-refractivity contribution < 1.29 is 33.3 Å². The molecular formula is C25H27FN2O6. The summed E-state index contributed by atoms with van der Waals surface area (Å²) in [4.78, 5) is 25.5. The van der Waals surface area contributed by atoms with Crippen LogP contribution >= 0.6 is 0 Å². The summed E-state index contributed by atoms with van der Waals surface area (Å²) in [7, 11) is 0. The molecule has 2 aromatic carbocycles. The van der Waals surface area contributed by atoms with Gasteiger partial charge >= 0.3 is 12.1 Å². The Morgan fingerprint density at radius 3 is 2.44 bits per heavy atom. The van der Waals surface area contributed by atoms with E-state index in [1.54, 1.807) is 58.0 Å². The molecule has 0 radical (unpaired) electrons. The number of benzene rings is 2. The molecule has 0 amide bonds. The third kappa shape index (κ3) is 5.79. The zero-order chi connectivity index (χ0) is 24.9. The number of hydrogen-bond acceptors (Lipinski definition) is 7. The summed E-state index contributed by atoms with van der Waals surface area (Å²) in [5.74, 6) is -0.857. The van der Waals surface area contributed by atoms with Crippen LogP contribution in [0.15, 0.2) is 36.4 Å². The average Bonchev–Trinajstić information content (AvgIpc) is 3.15. The highest BCUT2D eigenvalue weighted by molar-refractivity contribution is 6.05. The van der Waals surface area contributed by atoms with Crippen molar-refractivity contribution in [1.29, 1.82) is 0 Å². The molecule has 180 valence electrons. The summed E-state index contributed by atoms with van der Waals surface area (Å²) in [6.07, 6.45) is 2.60. The van der Waals surface area contributed by atoms with Gasteiger partial charge in [-0.1, -0.05) is 18.2 Å². The molecule has 3 rings (SSSR count). The lowest BCUT2D eigenvalue weighted by Crippen LogP contribution is -2.27. The van der Waals surface area contributed by atoms with E-state index in [1.165, 1.54) is 18.2 Å². The number of rotatable bonds is 7. The van der Waals surface area contributed by atoms with Crippen LogP contribution in [0, 0.1) is 5.82 Å². The van der Waals surface area contributed by atoms with E-state index < -0.39 is 17.7 Å². The number of aliphatic hydroxyl groups is 1. The van der Waals surface area contributed by atoms with E-state index in [1.807, 2.05) is 0 Å². The molecule has 1 aromatic heterocycles. The number of halogens is 1.